The van der Waals surface area contributed by atoms with Crippen LogP contribution in [0, 0.1) is 0 Å². The zero-order valence-corrected chi connectivity index (χ0v) is 20.4. The fraction of sp³-hybridized carbons (Fsp3) is 0.464. The number of rotatable bonds is 10. The molecule has 2 aromatic rings. The number of carbonyl (C=O) groups is 1. The highest BCUT2D eigenvalue weighted by atomic mass is 16.7. The van der Waals surface area contributed by atoms with Crippen molar-refractivity contribution in [2.45, 2.75) is 58.7 Å². The maximum absolute atomic E-state index is 10.7. The van der Waals surface area contributed by atoms with Crippen LogP contribution in [-0.4, -0.2) is 49.0 Å². The Morgan fingerprint density at radius 1 is 1.15 bits per heavy atom. The van der Waals surface area contributed by atoms with Crippen LogP contribution >= 0.6 is 0 Å². The Hall–Kier alpha value is -2.99. The van der Waals surface area contributed by atoms with Gasteiger partial charge in [0.15, 0.2) is 0 Å². The second kappa shape index (κ2) is 11.0. The number of ether oxygens (including phenoxy) is 3. The zero-order chi connectivity index (χ0) is 24.1. The number of hydrogen-bond donors (Lipinski definition) is 1. The average molecular weight is 466 g/mol. The van der Waals surface area contributed by atoms with Crippen molar-refractivity contribution >= 4 is 11.7 Å². The van der Waals surface area contributed by atoms with Gasteiger partial charge in [0.1, 0.15) is 24.2 Å². The van der Waals surface area contributed by atoms with Gasteiger partial charge >= 0.3 is 6.16 Å². The monoisotopic (exact) mass is 465 g/mol. The van der Waals surface area contributed by atoms with Gasteiger partial charge in [0.2, 0.25) is 0 Å². The lowest BCUT2D eigenvalue weighted by Crippen LogP contribution is -2.53. The number of aryl methyl sites for hydroxylation is 2. The molecule has 2 aliphatic rings. The van der Waals surface area contributed by atoms with Crippen LogP contribution in [0.15, 0.2) is 42.0 Å². The molecule has 2 aromatic carbocycles. The van der Waals surface area contributed by atoms with Gasteiger partial charge in [0.05, 0.1) is 7.11 Å². The first-order valence-electron chi connectivity index (χ1n) is 12.2. The normalized spacial score (nSPS) is 16.1. The van der Waals surface area contributed by atoms with Crippen LogP contribution in [0.2, 0.25) is 0 Å². The van der Waals surface area contributed by atoms with Crippen molar-refractivity contribution in [2.75, 3.05) is 26.7 Å². The number of benzene rings is 2. The molecule has 182 valence electrons. The number of likely N-dealkylation sites (tertiary alicyclic amines) is 1. The van der Waals surface area contributed by atoms with E-state index in [1.54, 1.807) is 7.11 Å². The highest BCUT2D eigenvalue weighted by Gasteiger charge is 2.31. The predicted octanol–water partition coefficient (Wildman–Crippen LogP) is 5.72. The lowest BCUT2D eigenvalue weighted by atomic mass is 9.85. The van der Waals surface area contributed by atoms with Gasteiger partial charge in [0, 0.05) is 25.2 Å². The lowest BCUT2D eigenvalue weighted by Gasteiger charge is -2.39. The first-order chi connectivity index (χ1) is 16.5. The Morgan fingerprint density at radius 2 is 1.97 bits per heavy atom. The van der Waals surface area contributed by atoms with Gasteiger partial charge < -0.3 is 19.3 Å². The maximum Gasteiger partial charge on any atom is 0.506 e. The van der Waals surface area contributed by atoms with E-state index >= 15 is 0 Å². The van der Waals surface area contributed by atoms with Gasteiger partial charge in [-0.05, 0) is 73.1 Å². The summed E-state index contributed by atoms with van der Waals surface area (Å²) in [5.74, 6) is 1.76. The van der Waals surface area contributed by atoms with Crippen LogP contribution < -0.4 is 9.47 Å². The predicted molar refractivity (Wildman–Crippen MR) is 133 cm³/mol. The Balaban J connectivity index is 1.37. The summed E-state index contributed by atoms with van der Waals surface area (Å²) in [4.78, 5) is 12.9. The molecule has 0 amide bonds. The van der Waals surface area contributed by atoms with Gasteiger partial charge in [-0.3, -0.25) is 4.90 Å². The molecular formula is C28H35NO5. The minimum absolute atomic E-state index is 0.194. The number of methoxy groups -OCH3 is 1. The third-order valence-electron chi connectivity index (χ3n) is 6.88. The molecule has 0 saturated carbocycles. The van der Waals surface area contributed by atoms with Crippen LogP contribution in [-0.2, 0) is 24.2 Å². The van der Waals surface area contributed by atoms with Crippen LogP contribution in [0.3, 0.4) is 0 Å². The van der Waals surface area contributed by atoms with Crippen LogP contribution in [0.1, 0.15) is 55.4 Å². The largest absolute Gasteiger partial charge is 0.506 e. The van der Waals surface area contributed by atoms with E-state index in [9.17, 15) is 4.79 Å². The van der Waals surface area contributed by atoms with E-state index in [2.05, 4.69) is 49.1 Å². The van der Waals surface area contributed by atoms with Crippen molar-refractivity contribution in [1.29, 1.82) is 0 Å². The highest BCUT2D eigenvalue weighted by molar-refractivity contribution is 5.72. The van der Waals surface area contributed by atoms with E-state index in [0.717, 1.165) is 42.9 Å². The number of fused-ring (bicyclic) bond motifs is 1. The molecule has 6 nitrogen and oxygen atoms in total. The molecule has 0 atom stereocenters. The molecule has 0 unspecified atom stereocenters. The molecular weight excluding hydrogens is 430 g/mol. The average Bonchev–Trinajstić information content (AvgIpc) is 2.81. The van der Waals surface area contributed by atoms with E-state index < -0.39 is 6.16 Å². The SMILES string of the molecule is CCCCc1ccc(COc2ccc3c(c2)CCC(CN2CC(OC(=O)O)C2)=C3C)c(OC)c1. The Morgan fingerprint density at radius 3 is 2.71 bits per heavy atom. The molecule has 0 bridgehead atoms. The third kappa shape index (κ3) is 5.73. The van der Waals surface area contributed by atoms with Crippen LogP contribution in [0.5, 0.6) is 11.5 Å². The quantitative estimate of drug-likeness (QED) is 0.453. The number of unbranched alkanes of at least 4 members (excludes halogenated alkanes) is 1. The number of hydrogen-bond acceptors (Lipinski definition) is 5. The molecule has 1 aliphatic heterocycles. The molecule has 34 heavy (non-hydrogen) atoms. The smallest absolute Gasteiger partial charge is 0.496 e. The Labute approximate surface area is 202 Å². The Bertz CT molecular complexity index is 1050. The molecule has 0 spiro atoms. The van der Waals surface area contributed by atoms with Crippen molar-refractivity contribution in [1.82, 2.24) is 4.90 Å². The van der Waals surface area contributed by atoms with Gasteiger partial charge in [-0.15, -0.1) is 0 Å². The second-order valence-electron chi connectivity index (χ2n) is 9.29. The maximum atomic E-state index is 10.7. The molecule has 1 saturated heterocycles. The summed E-state index contributed by atoms with van der Waals surface area (Å²) in [5.41, 5.74) is 7.69. The van der Waals surface area contributed by atoms with Crippen molar-refractivity contribution in [3.63, 3.8) is 0 Å². The molecule has 0 radical (unpaired) electrons. The fourth-order valence-corrected chi connectivity index (χ4v) is 4.84. The van der Waals surface area contributed by atoms with Gasteiger partial charge in [-0.1, -0.05) is 37.1 Å². The van der Waals surface area contributed by atoms with Crippen molar-refractivity contribution < 1.29 is 24.1 Å². The van der Waals surface area contributed by atoms with Crippen LogP contribution in [0.25, 0.3) is 5.57 Å². The topological polar surface area (TPSA) is 68.2 Å². The standard InChI is InChI=1S/C28H35NO5/c1-4-5-6-20-7-8-23(27(13-20)32-3)18-33-24-11-12-26-19(2)22(10-9-21(26)14-24)15-29-16-25(17-29)34-28(30)31/h7-8,11-14,25H,4-6,9-10,15-18H2,1-3H3,(H,30,31). The summed E-state index contributed by atoms with van der Waals surface area (Å²) in [6.07, 6.45) is 4.05. The van der Waals surface area contributed by atoms with Crippen molar-refractivity contribution in [3.05, 3.63) is 64.2 Å². The van der Waals surface area contributed by atoms with Gasteiger partial charge in [-0.25, -0.2) is 4.79 Å². The Kier molecular flexibility index (Phi) is 7.78. The molecule has 1 N–H and O–H groups in total. The van der Waals surface area contributed by atoms with E-state index in [4.69, 9.17) is 19.3 Å². The molecule has 1 aliphatic carbocycles. The molecule has 4 rings (SSSR count). The van der Waals surface area contributed by atoms with E-state index in [0.29, 0.717) is 19.7 Å². The second-order valence-corrected chi connectivity index (χ2v) is 9.29. The summed E-state index contributed by atoms with van der Waals surface area (Å²) < 4.78 is 16.6. The van der Waals surface area contributed by atoms with E-state index in [1.165, 1.54) is 40.7 Å². The lowest BCUT2D eigenvalue weighted by molar-refractivity contribution is -0.0292. The number of allylic oxidation sites excluding steroid dienone is 1. The summed E-state index contributed by atoms with van der Waals surface area (Å²) >= 11 is 0. The number of nitrogens with zero attached hydrogens (tertiary/aromatic N) is 1. The van der Waals surface area contributed by atoms with E-state index in [-0.39, 0.29) is 6.10 Å². The summed E-state index contributed by atoms with van der Waals surface area (Å²) in [6.45, 7) is 7.08. The van der Waals surface area contributed by atoms with Crippen molar-refractivity contribution in [3.8, 4) is 11.5 Å². The molecule has 1 heterocycles. The highest BCUT2D eigenvalue weighted by Crippen LogP contribution is 2.34. The first-order valence-corrected chi connectivity index (χ1v) is 12.2. The molecule has 1 fully saturated rings. The van der Waals surface area contributed by atoms with Gasteiger partial charge in [-0.2, -0.15) is 0 Å². The van der Waals surface area contributed by atoms with E-state index in [1.807, 2.05) is 6.07 Å². The van der Waals surface area contributed by atoms with Crippen LogP contribution in [0.4, 0.5) is 4.79 Å². The first kappa shape index (κ1) is 24.1. The fourth-order valence-electron chi connectivity index (χ4n) is 4.84. The molecule has 6 heteroatoms. The zero-order valence-electron chi connectivity index (χ0n) is 20.4. The van der Waals surface area contributed by atoms with Gasteiger partial charge in [0.25, 0.3) is 0 Å². The number of carboxylic acid groups (broad SMARTS) is 1. The van der Waals surface area contributed by atoms with Crippen molar-refractivity contribution in [2.24, 2.45) is 0 Å². The summed E-state index contributed by atoms with van der Waals surface area (Å²) in [5, 5.41) is 8.73. The molecule has 0 aromatic heterocycles. The summed E-state index contributed by atoms with van der Waals surface area (Å²) in [7, 11) is 1.72. The minimum Gasteiger partial charge on any atom is -0.496 e. The third-order valence-corrected chi connectivity index (χ3v) is 6.88. The minimum atomic E-state index is -1.19. The summed E-state index contributed by atoms with van der Waals surface area (Å²) in [6, 6.07) is 12.8.